The van der Waals surface area contributed by atoms with Gasteiger partial charge in [-0.05, 0) is 30.7 Å². The van der Waals surface area contributed by atoms with Gasteiger partial charge in [-0.25, -0.2) is 8.78 Å². The molecule has 0 aliphatic rings. The molecule has 1 aromatic carbocycles. The van der Waals surface area contributed by atoms with Crippen molar-refractivity contribution >= 4 is 11.7 Å². The highest BCUT2D eigenvalue weighted by Gasteiger charge is 2.15. The zero-order valence-electron chi connectivity index (χ0n) is 14.1. The van der Waals surface area contributed by atoms with Crippen molar-refractivity contribution in [1.29, 1.82) is 0 Å². The lowest BCUT2D eigenvalue weighted by Crippen LogP contribution is -2.27. The van der Waals surface area contributed by atoms with E-state index in [1.54, 1.807) is 38.1 Å². The normalized spacial score (nSPS) is 12.0. The number of hydrogen-bond donors (Lipinski definition) is 1. The summed E-state index contributed by atoms with van der Waals surface area (Å²) in [5, 5.41) is 2.78. The first-order chi connectivity index (χ1) is 11.9. The Bertz CT molecular complexity index is 763. The highest BCUT2D eigenvalue weighted by atomic mass is 19.3. The van der Waals surface area contributed by atoms with Gasteiger partial charge in [-0.2, -0.15) is 0 Å². The summed E-state index contributed by atoms with van der Waals surface area (Å²) in [5.41, 5.74) is 1.43. The van der Waals surface area contributed by atoms with Gasteiger partial charge in [0, 0.05) is 35.9 Å². The molecule has 2 aromatic rings. The molecular formula is C19H20F2N2O2. The summed E-state index contributed by atoms with van der Waals surface area (Å²) in [6.07, 6.45) is -0.476. The standard InChI is InChI=1S/C19H20F2N2O2/c1-3-17(24)11-16-10-15(7-8-22-16)19(25)23-12(2)13-5-4-6-14(9-13)18(20)21/h4-10,12,18H,3,11H2,1-2H3,(H,23,25). The number of nitrogens with zero attached hydrogens (tertiary/aromatic N) is 1. The molecule has 0 aliphatic carbocycles. The number of rotatable bonds is 7. The predicted octanol–water partition coefficient (Wildman–Crippen LogP) is 4.03. The molecule has 0 bridgehead atoms. The molecule has 0 fully saturated rings. The Kier molecular flexibility index (Phi) is 6.33. The third-order valence-corrected chi connectivity index (χ3v) is 3.86. The third kappa shape index (κ3) is 5.17. The Morgan fingerprint density at radius 1 is 1.16 bits per heavy atom. The lowest BCUT2D eigenvalue weighted by Gasteiger charge is -2.15. The summed E-state index contributed by atoms with van der Waals surface area (Å²) in [4.78, 5) is 28.0. The summed E-state index contributed by atoms with van der Waals surface area (Å²) >= 11 is 0. The molecule has 2 rings (SSSR count). The first-order valence-electron chi connectivity index (χ1n) is 8.06. The van der Waals surface area contributed by atoms with Crippen LogP contribution in [0.3, 0.4) is 0 Å². The van der Waals surface area contributed by atoms with Crippen LogP contribution in [0.4, 0.5) is 8.78 Å². The summed E-state index contributed by atoms with van der Waals surface area (Å²) in [6, 6.07) is 8.66. The van der Waals surface area contributed by atoms with E-state index in [1.165, 1.54) is 18.3 Å². The number of carbonyl (C=O) groups is 2. The van der Waals surface area contributed by atoms with E-state index in [4.69, 9.17) is 0 Å². The zero-order valence-corrected chi connectivity index (χ0v) is 14.1. The summed E-state index contributed by atoms with van der Waals surface area (Å²) < 4.78 is 25.6. The van der Waals surface area contributed by atoms with E-state index in [1.807, 2.05) is 0 Å². The molecule has 25 heavy (non-hydrogen) atoms. The van der Waals surface area contributed by atoms with E-state index < -0.39 is 12.5 Å². The minimum Gasteiger partial charge on any atom is -0.346 e. The number of ketones is 1. The van der Waals surface area contributed by atoms with Gasteiger partial charge in [-0.1, -0.05) is 25.1 Å². The highest BCUT2D eigenvalue weighted by molar-refractivity contribution is 5.94. The first-order valence-corrected chi connectivity index (χ1v) is 8.06. The van der Waals surface area contributed by atoms with Crippen LogP contribution in [0.5, 0.6) is 0 Å². The number of aromatic nitrogens is 1. The van der Waals surface area contributed by atoms with E-state index in [0.29, 0.717) is 23.2 Å². The fourth-order valence-electron chi connectivity index (χ4n) is 2.37. The third-order valence-electron chi connectivity index (χ3n) is 3.86. The molecule has 1 amide bonds. The molecule has 1 aromatic heterocycles. The number of benzene rings is 1. The lowest BCUT2D eigenvalue weighted by atomic mass is 10.0. The topological polar surface area (TPSA) is 59.1 Å². The van der Waals surface area contributed by atoms with Crippen molar-refractivity contribution in [1.82, 2.24) is 10.3 Å². The number of halogens is 2. The van der Waals surface area contributed by atoms with Gasteiger partial charge in [0.05, 0.1) is 6.04 Å². The average molecular weight is 346 g/mol. The van der Waals surface area contributed by atoms with Gasteiger partial charge >= 0.3 is 0 Å². The Labute approximate surface area is 145 Å². The predicted molar refractivity (Wildman–Crippen MR) is 90.5 cm³/mol. The second-order valence-electron chi connectivity index (χ2n) is 5.77. The summed E-state index contributed by atoms with van der Waals surface area (Å²) in [6.45, 7) is 3.50. The van der Waals surface area contributed by atoms with Gasteiger partial charge in [0.2, 0.25) is 0 Å². The molecule has 1 atom stereocenters. The van der Waals surface area contributed by atoms with Gasteiger partial charge in [-0.3, -0.25) is 14.6 Å². The van der Waals surface area contributed by atoms with E-state index in [-0.39, 0.29) is 23.7 Å². The number of alkyl halides is 2. The number of pyridine rings is 1. The Hall–Kier alpha value is -2.63. The van der Waals surface area contributed by atoms with Crippen LogP contribution in [0.15, 0.2) is 42.6 Å². The number of hydrogen-bond acceptors (Lipinski definition) is 3. The molecule has 1 N–H and O–H groups in total. The monoisotopic (exact) mass is 346 g/mol. The van der Waals surface area contributed by atoms with E-state index in [2.05, 4.69) is 10.3 Å². The van der Waals surface area contributed by atoms with Gasteiger partial charge in [0.15, 0.2) is 0 Å². The molecule has 4 nitrogen and oxygen atoms in total. The summed E-state index contributed by atoms with van der Waals surface area (Å²) in [7, 11) is 0. The molecule has 0 saturated carbocycles. The molecule has 1 unspecified atom stereocenters. The quantitative estimate of drug-likeness (QED) is 0.823. The van der Waals surface area contributed by atoms with Crippen LogP contribution in [-0.2, 0) is 11.2 Å². The van der Waals surface area contributed by atoms with Gasteiger partial charge in [0.25, 0.3) is 12.3 Å². The fraction of sp³-hybridized carbons (Fsp3) is 0.316. The van der Waals surface area contributed by atoms with Crippen molar-refractivity contribution in [3.63, 3.8) is 0 Å². The van der Waals surface area contributed by atoms with Crippen molar-refractivity contribution in [2.45, 2.75) is 39.2 Å². The first kappa shape index (κ1) is 18.7. The van der Waals surface area contributed by atoms with E-state index >= 15 is 0 Å². The van der Waals surface area contributed by atoms with E-state index in [0.717, 1.165) is 0 Å². The molecule has 0 aliphatic heterocycles. The van der Waals surface area contributed by atoms with Gasteiger partial charge in [-0.15, -0.1) is 0 Å². The molecule has 0 spiro atoms. The van der Waals surface area contributed by atoms with Crippen LogP contribution in [0.25, 0.3) is 0 Å². The fourth-order valence-corrected chi connectivity index (χ4v) is 2.37. The van der Waals surface area contributed by atoms with Gasteiger partial charge in [0.1, 0.15) is 5.78 Å². The minimum absolute atomic E-state index is 0.0437. The smallest absolute Gasteiger partial charge is 0.263 e. The average Bonchev–Trinajstić information content (AvgIpc) is 2.61. The van der Waals surface area contributed by atoms with Gasteiger partial charge < -0.3 is 5.32 Å². The minimum atomic E-state index is -2.55. The van der Waals surface area contributed by atoms with Crippen molar-refractivity contribution in [2.75, 3.05) is 0 Å². The van der Waals surface area contributed by atoms with Crippen LogP contribution in [0, 0.1) is 0 Å². The SMILES string of the molecule is CCC(=O)Cc1cc(C(=O)NC(C)c2cccc(C(F)F)c2)ccn1. The van der Waals surface area contributed by atoms with Crippen LogP contribution in [0.2, 0.25) is 0 Å². The maximum Gasteiger partial charge on any atom is 0.263 e. The number of nitrogens with one attached hydrogen (secondary N) is 1. The Balaban J connectivity index is 2.10. The van der Waals surface area contributed by atoms with E-state index in [9.17, 15) is 18.4 Å². The Morgan fingerprint density at radius 2 is 1.88 bits per heavy atom. The molecular weight excluding hydrogens is 326 g/mol. The van der Waals surface area contributed by atoms with Crippen molar-refractivity contribution < 1.29 is 18.4 Å². The van der Waals surface area contributed by atoms with Crippen LogP contribution >= 0.6 is 0 Å². The van der Waals surface area contributed by atoms with Crippen molar-refractivity contribution in [3.8, 4) is 0 Å². The second-order valence-corrected chi connectivity index (χ2v) is 5.77. The molecule has 0 saturated heterocycles. The van der Waals surface area contributed by atoms with Crippen molar-refractivity contribution in [3.05, 3.63) is 65.0 Å². The lowest BCUT2D eigenvalue weighted by molar-refractivity contribution is -0.118. The number of Topliss-reactive ketones (excluding diaryl/α,β-unsaturated/α-hetero) is 1. The van der Waals surface area contributed by atoms with Crippen LogP contribution in [0.1, 0.15) is 59.9 Å². The highest BCUT2D eigenvalue weighted by Crippen LogP contribution is 2.22. The maximum absolute atomic E-state index is 12.8. The molecule has 0 radical (unpaired) electrons. The zero-order chi connectivity index (χ0) is 18.4. The second kappa shape index (κ2) is 8.46. The summed E-state index contributed by atoms with van der Waals surface area (Å²) in [5.74, 6) is -0.301. The molecule has 1 heterocycles. The van der Waals surface area contributed by atoms with Crippen LogP contribution < -0.4 is 5.32 Å². The van der Waals surface area contributed by atoms with Crippen LogP contribution in [-0.4, -0.2) is 16.7 Å². The molecule has 132 valence electrons. The largest absolute Gasteiger partial charge is 0.346 e. The number of carbonyl (C=O) groups excluding carboxylic acids is 2. The molecule has 6 heteroatoms. The Morgan fingerprint density at radius 3 is 2.56 bits per heavy atom. The number of amides is 1. The van der Waals surface area contributed by atoms with Crippen molar-refractivity contribution in [2.24, 2.45) is 0 Å². The maximum atomic E-state index is 12.8.